The molecule has 1 rings (SSSR count). The van der Waals surface area contributed by atoms with Crippen molar-refractivity contribution in [1.82, 2.24) is 5.32 Å². The van der Waals surface area contributed by atoms with Gasteiger partial charge in [0.15, 0.2) is 0 Å². The van der Waals surface area contributed by atoms with Crippen LogP contribution in [0.3, 0.4) is 0 Å². The normalized spacial score (nSPS) is 17.5. The molecule has 0 atom stereocenters. The van der Waals surface area contributed by atoms with E-state index in [0.29, 0.717) is 0 Å². The monoisotopic (exact) mass is 241 g/mol. The van der Waals surface area contributed by atoms with Crippen molar-refractivity contribution in [2.45, 2.75) is 64.7 Å². The maximum Gasteiger partial charge on any atom is 0.0468 e. The van der Waals surface area contributed by atoms with Crippen LogP contribution in [0.5, 0.6) is 0 Å². The molecule has 0 saturated carbocycles. The molecular weight excluding hydrogens is 210 g/mol. The molecule has 0 radical (unpaired) electrons. The van der Waals surface area contributed by atoms with Crippen molar-refractivity contribution < 1.29 is 4.74 Å². The zero-order chi connectivity index (χ0) is 12.2. The summed E-state index contributed by atoms with van der Waals surface area (Å²) in [5.41, 5.74) is 0. The molecule has 1 N–H and O–H groups in total. The number of rotatable bonds is 10. The summed E-state index contributed by atoms with van der Waals surface area (Å²) in [6.07, 6.45) is 12.4. The highest BCUT2D eigenvalue weighted by Crippen LogP contribution is 2.21. The van der Waals surface area contributed by atoms with Gasteiger partial charge in [0, 0.05) is 13.2 Å². The predicted molar refractivity (Wildman–Crippen MR) is 74.4 cm³/mol. The molecule has 0 aromatic carbocycles. The second kappa shape index (κ2) is 11.0. The number of ether oxygens (including phenoxy) is 1. The smallest absolute Gasteiger partial charge is 0.0468 e. The van der Waals surface area contributed by atoms with E-state index < -0.39 is 0 Å². The van der Waals surface area contributed by atoms with Crippen LogP contribution in [0.2, 0.25) is 0 Å². The van der Waals surface area contributed by atoms with Gasteiger partial charge in [-0.05, 0) is 44.7 Å². The lowest BCUT2D eigenvalue weighted by molar-refractivity contribution is 0.0631. The molecule has 1 aliphatic rings. The molecule has 0 bridgehead atoms. The van der Waals surface area contributed by atoms with E-state index in [1.165, 1.54) is 70.9 Å². The maximum absolute atomic E-state index is 5.38. The highest BCUT2D eigenvalue weighted by atomic mass is 16.5. The maximum atomic E-state index is 5.38. The lowest BCUT2D eigenvalue weighted by atomic mass is 9.93. The van der Waals surface area contributed by atoms with Crippen LogP contribution < -0.4 is 5.32 Å². The third-order valence-corrected chi connectivity index (χ3v) is 3.73. The van der Waals surface area contributed by atoms with Crippen LogP contribution in [0.15, 0.2) is 0 Å². The molecule has 17 heavy (non-hydrogen) atoms. The Morgan fingerprint density at radius 3 is 2.41 bits per heavy atom. The molecule has 0 amide bonds. The van der Waals surface area contributed by atoms with Gasteiger partial charge in [0.1, 0.15) is 0 Å². The fraction of sp³-hybridized carbons (Fsp3) is 1.00. The van der Waals surface area contributed by atoms with Gasteiger partial charge in [-0.3, -0.25) is 0 Å². The first kappa shape index (κ1) is 15.0. The van der Waals surface area contributed by atoms with Crippen molar-refractivity contribution in [3.63, 3.8) is 0 Å². The molecular formula is C15H31NO. The van der Waals surface area contributed by atoms with E-state index in [2.05, 4.69) is 12.2 Å². The fourth-order valence-electron chi connectivity index (χ4n) is 2.55. The average molecular weight is 241 g/mol. The van der Waals surface area contributed by atoms with Crippen LogP contribution in [0.4, 0.5) is 0 Å². The Labute approximate surface area is 108 Å². The van der Waals surface area contributed by atoms with E-state index in [1.54, 1.807) is 0 Å². The molecule has 1 fully saturated rings. The van der Waals surface area contributed by atoms with Gasteiger partial charge in [0.25, 0.3) is 0 Å². The van der Waals surface area contributed by atoms with Gasteiger partial charge >= 0.3 is 0 Å². The summed E-state index contributed by atoms with van der Waals surface area (Å²) in [7, 11) is 0. The first-order chi connectivity index (χ1) is 8.43. The molecule has 1 heterocycles. The Hall–Kier alpha value is -0.0800. The van der Waals surface area contributed by atoms with Crippen molar-refractivity contribution >= 4 is 0 Å². The molecule has 0 aliphatic carbocycles. The summed E-state index contributed by atoms with van der Waals surface area (Å²) < 4.78 is 5.38. The summed E-state index contributed by atoms with van der Waals surface area (Å²) in [6, 6.07) is 0. The third kappa shape index (κ3) is 8.62. The lowest BCUT2D eigenvalue weighted by Crippen LogP contribution is -2.16. The quantitative estimate of drug-likeness (QED) is 0.588. The van der Waals surface area contributed by atoms with Gasteiger partial charge in [-0.15, -0.1) is 0 Å². The molecule has 0 aromatic heterocycles. The van der Waals surface area contributed by atoms with Crippen LogP contribution in [0, 0.1) is 5.92 Å². The Kier molecular flexibility index (Phi) is 9.72. The van der Waals surface area contributed by atoms with Crippen molar-refractivity contribution in [3.8, 4) is 0 Å². The van der Waals surface area contributed by atoms with Crippen molar-refractivity contribution in [1.29, 1.82) is 0 Å². The number of nitrogens with one attached hydrogen (secondary N) is 1. The molecule has 0 unspecified atom stereocenters. The second-order valence-corrected chi connectivity index (χ2v) is 5.36. The minimum atomic E-state index is 0.968. The Balaban J connectivity index is 1.75. The standard InChI is InChI=1S/C15H31NO/c1-2-11-16-12-7-5-3-4-6-8-15-9-13-17-14-10-15/h15-16H,2-14H2,1H3. The van der Waals surface area contributed by atoms with Gasteiger partial charge in [0.2, 0.25) is 0 Å². The van der Waals surface area contributed by atoms with Crippen LogP contribution in [0.25, 0.3) is 0 Å². The van der Waals surface area contributed by atoms with E-state index in [1.807, 2.05) is 0 Å². The van der Waals surface area contributed by atoms with Crippen molar-refractivity contribution in [3.05, 3.63) is 0 Å². The Bertz CT molecular complexity index is 155. The molecule has 0 aromatic rings. The molecule has 102 valence electrons. The first-order valence-corrected chi connectivity index (χ1v) is 7.72. The van der Waals surface area contributed by atoms with E-state index in [9.17, 15) is 0 Å². The van der Waals surface area contributed by atoms with Crippen LogP contribution in [-0.4, -0.2) is 26.3 Å². The Morgan fingerprint density at radius 1 is 0.941 bits per heavy atom. The van der Waals surface area contributed by atoms with E-state index in [4.69, 9.17) is 4.74 Å². The summed E-state index contributed by atoms with van der Waals surface area (Å²) in [6.45, 7) is 6.64. The largest absolute Gasteiger partial charge is 0.381 e. The molecule has 2 heteroatoms. The number of unbranched alkanes of at least 4 members (excludes halogenated alkanes) is 4. The van der Waals surface area contributed by atoms with E-state index >= 15 is 0 Å². The molecule has 2 nitrogen and oxygen atoms in total. The zero-order valence-corrected chi connectivity index (χ0v) is 11.7. The summed E-state index contributed by atoms with van der Waals surface area (Å²) in [5, 5.41) is 3.46. The molecule has 1 aliphatic heterocycles. The lowest BCUT2D eigenvalue weighted by Gasteiger charge is -2.21. The zero-order valence-electron chi connectivity index (χ0n) is 11.7. The average Bonchev–Trinajstić information content (AvgIpc) is 2.38. The minimum absolute atomic E-state index is 0.968. The van der Waals surface area contributed by atoms with Crippen molar-refractivity contribution in [2.75, 3.05) is 26.3 Å². The summed E-state index contributed by atoms with van der Waals surface area (Å²) in [4.78, 5) is 0. The summed E-state index contributed by atoms with van der Waals surface area (Å²) in [5.74, 6) is 0.968. The van der Waals surface area contributed by atoms with Gasteiger partial charge < -0.3 is 10.1 Å². The van der Waals surface area contributed by atoms with E-state index in [0.717, 1.165) is 19.1 Å². The third-order valence-electron chi connectivity index (χ3n) is 3.73. The Morgan fingerprint density at radius 2 is 1.65 bits per heavy atom. The second-order valence-electron chi connectivity index (χ2n) is 5.36. The van der Waals surface area contributed by atoms with Gasteiger partial charge in [-0.2, -0.15) is 0 Å². The van der Waals surface area contributed by atoms with Crippen molar-refractivity contribution in [2.24, 2.45) is 5.92 Å². The highest BCUT2D eigenvalue weighted by Gasteiger charge is 2.12. The van der Waals surface area contributed by atoms with E-state index in [-0.39, 0.29) is 0 Å². The predicted octanol–water partition coefficient (Wildman–Crippen LogP) is 3.75. The SMILES string of the molecule is CCCNCCCCCCCC1CCOCC1. The number of hydrogen-bond acceptors (Lipinski definition) is 2. The van der Waals surface area contributed by atoms with Gasteiger partial charge in [-0.1, -0.05) is 39.0 Å². The fourth-order valence-corrected chi connectivity index (χ4v) is 2.55. The minimum Gasteiger partial charge on any atom is -0.381 e. The van der Waals surface area contributed by atoms with Gasteiger partial charge in [0.05, 0.1) is 0 Å². The summed E-state index contributed by atoms with van der Waals surface area (Å²) >= 11 is 0. The molecule has 1 saturated heterocycles. The van der Waals surface area contributed by atoms with Crippen LogP contribution >= 0.6 is 0 Å². The highest BCUT2D eigenvalue weighted by molar-refractivity contribution is 4.63. The number of hydrogen-bond donors (Lipinski definition) is 1. The first-order valence-electron chi connectivity index (χ1n) is 7.72. The van der Waals surface area contributed by atoms with Crippen LogP contribution in [0.1, 0.15) is 64.7 Å². The molecule has 0 spiro atoms. The van der Waals surface area contributed by atoms with Crippen LogP contribution in [-0.2, 0) is 4.74 Å². The topological polar surface area (TPSA) is 21.3 Å². The van der Waals surface area contributed by atoms with Gasteiger partial charge in [-0.25, -0.2) is 0 Å².